The predicted octanol–water partition coefficient (Wildman–Crippen LogP) is 2.63. The van der Waals surface area contributed by atoms with Crippen molar-refractivity contribution in [3.05, 3.63) is 65.5 Å². The van der Waals surface area contributed by atoms with Gasteiger partial charge in [0.15, 0.2) is 0 Å². The lowest BCUT2D eigenvalue weighted by Gasteiger charge is -2.31. The van der Waals surface area contributed by atoms with E-state index in [1.54, 1.807) is 23.1 Å². The average Bonchev–Trinajstić information content (AvgIpc) is 2.62. The maximum Gasteiger partial charge on any atom is 0.254 e. The van der Waals surface area contributed by atoms with Gasteiger partial charge in [-0.1, -0.05) is 18.2 Å². The van der Waals surface area contributed by atoms with Gasteiger partial charge in [0.25, 0.3) is 5.91 Å². The number of benzene rings is 2. The predicted molar refractivity (Wildman–Crippen MR) is 100 cm³/mol. The van der Waals surface area contributed by atoms with Gasteiger partial charge < -0.3 is 9.64 Å². The molecule has 0 spiro atoms. The number of morpholine rings is 1. The summed E-state index contributed by atoms with van der Waals surface area (Å²) in [5.41, 5.74) is 1.19. The zero-order valence-electron chi connectivity index (χ0n) is 14.9. The first-order valence-corrected chi connectivity index (χ1v) is 10.2. The number of hydrogen-bond acceptors (Lipinski definition) is 4. The smallest absolute Gasteiger partial charge is 0.254 e. The molecule has 144 valence electrons. The molecule has 0 aromatic heterocycles. The molecule has 1 saturated heterocycles. The summed E-state index contributed by atoms with van der Waals surface area (Å²) in [6.45, 7) is 3.39. The molecule has 3 rings (SSSR count). The van der Waals surface area contributed by atoms with E-state index in [1.165, 1.54) is 30.3 Å². The Morgan fingerprint density at radius 3 is 2.70 bits per heavy atom. The number of amides is 1. The highest BCUT2D eigenvalue weighted by Gasteiger charge is 2.23. The molecule has 0 saturated carbocycles. The van der Waals surface area contributed by atoms with Gasteiger partial charge in [-0.15, -0.1) is 0 Å². The molecular formula is C19H21FN2O4S. The molecule has 1 fully saturated rings. The van der Waals surface area contributed by atoms with E-state index in [1.807, 2.05) is 6.92 Å². The van der Waals surface area contributed by atoms with E-state index in [0.29, 0.717) is 36.5 Å². The maximum absolute atomic E-state index is 13.0. The van der Waals surface area contributed by atoms with Crippen molar-refractivity contribution in [3.8, 4) is 0 Å². The lowest BCUT2D eigenvalue weighted by Crippen LogP contribution is -2.44. The minimum absolute atomic E-state index is 0.0277. The Labute approximate surface area is 158 Å². The van der Waals surface area contributed by atoms with E-state index in [4.69, 9.17) is 4.74 Å². The quantitative estimate of drug-likeness (QED) is 0.849. The van der Waals surface area contributed by atoms with E-state index >= 15 is 0 Å². The second kappa shape index (κ2) is 8.06. The molecule has 1 amide bonds. The number of hydrogen-bond donors (Lipinski definition) is 1. The standard InChI is InChI=1S/C19H21FN2O4S/c1-14-12-22(9-10-26-14)19(23)16-3-2-4-18(11-16)21-27(24,25)13-15-5-7-17(20)8-6-15/h2-8,11,14,21H,9-10,12-13H2,1H3/t14-/m0/s1. The van der Waals surface area contributed by atoms with Gasteiger partial charge in [-0.05, 0) is 42.8 Å². The Morgan fingerprint density at radius 2 is 2.00 bits per heavy atom. The molecule has 1 atom stereocenters. The number of halogens is 1. The van der Waals surface area contributed by atoms with Gasteiger partial charge in [-0.3, -0.25) is 9.52 Å². The zero-order chi connectivity index (χ0) is 19.4. The molecule has 1 aliphatic rings. The molecule has 1 N–H and O–H groups in total. The van der Waals surface area contributed by atoms with Crippen molar-refractivity contribution in [1.29, 1.82) is 0 Å². The van der Waals surface area contributed by atoms with Gasteiger partial charge in [-0.2, -0.15) is 0 Å². The second-order valence-electron chi connectivity index (χ2n) is 6.50. The maximum atomic E-state index is 13.0. The van der Waals surface area contributed by atoms with Crippen LogP contribution in [0, 0.1) is 5.82 Å². The molecule has 1 heterocycles. The molecule has 27 heavy (non-hydrogen) atoms. The van der Waals surface area contributed by atoms with Crippen LogP contribution in [0.25, 0.3) is 0 Å². The number of anilines is 1. The van der Waals surface area contributed by atoms with Gasteiger partial charge in [0, 0.05) is 24.3 Å². The summed E-state index contributed by atoms with van der Waals surface area (Å²) >= 11 is 0. The number of sulfonamides is 1. The topological polar surface area (TPSA) is 75.7 Å². The molecule has 2 aromatic rings. The molecule has 1 aliphatic heterocycles. The molecule has 0 unspecified atom stereocenters. The van der Waals surface area contributed by atoms with E-state index < -0.39 is 15.8 Å². The third-order valence-electron chi connectivity index (χ3n) is 4.18. The molecule has 2 aromatic carbocycles. The van der Waals surface area contributed by atoms with Gasteiger partial charge in [0.1, 0.15) is 5.82 Å². The van der Waals surface area contributed by atoms with E-state index in [2.05, 4.69) is 4.72 Å². The summed E-state index contributed by atoms with van der Waals surface area (Å²) in [4.78, 5) is 14.3. The summed E-state index contributed by atoms with van der Waals surface area (Å²) in [5.74, 6) is -0.871. The SMILES string of the molecule is C[C@H]1CN(C(=O)c2cccc(NS(=O)(=O)Cc3ccc(F)cc3)c2)CCO1. The Morgan fingerprint density at radius 1 is 1.26 bits per heavy atom. The van der Waals surface area contributed by atoms with Gasteiger partial charge >= 0.3 is 0 Å². The Bertz CT molecular complexity index is 916. The molecule has 8 heteroatoms. The second-order valence-corrected chi connectivity index (χ2v) is 8.22. The first-order chi connectivity index (χ1) is 12.8. The van der Waals surface area contributed by atoms with Crippen molar-refractivity contribution in [3.63, 3.8) is 0 Å². The molecule has 0 radical (unpaired) electrons. The molecule has 0 bridgehead atoms. The van der Waals surface area contributed by atoms with Crippen LogP contribution in [0.5, 0.6) is 0 Å². The van der Waals surface area contributed by atoms with E-state index in [9.17, 15) is 17.6 Å². The van der Waals surface area contributed by atoms with Crippen LogP contribution < -0.4 is 4.72 Å². The van der Waals surface area contributed by atoms with Crippen molar-refractivity contribution >= 4 is 21.6 Å². The van der Waals surface area contributed by atoms with Crippen molar-refractivity contribution in [1.82, 2.24) is 4.90 Å². The number of carbonyl (C=O) groups excluding carboxylic acids is 1. The summed E-state index contributed by atoms with van der Waals surface area (Å²) in [6, 6.07) is 11.7. The monoisotopic (exact) mass is 392 g/mol. The van der Waals surface area contributed by atoms with Crippen molar-refractivity contribution in [2.75, 3.05) is 24.4 Å². The number of ether oxygens (including phenoxy) is 1. The van der Waals surface area contributed by atoms with Crippen molar-refractivity contribution < 1.29 is 22.3 Å². The van der Waals surface area contributed by atoms with Crippen LogP contribution in [-0.2, 0) is 20.5 Å². The lowest BCUT2D eigenvalue weighted by molar-refractivity contribution is -0.0124. The third kappa shape index (κ3) is 5.27. The van der Waals surface area contributed by atoms with Gasteiger partial charge in [-0.25, -0.2) is 12.8 Å². The average molecular weight is 392 g/mol. The Kier molecular flexibility index (Phi) is 5.76. The highest BCUT2D eigenvalue weighted by molar-refractivity contribution is 7.91. The van der Waals surface area contributed by atoms with Crippen LogP contribution in [0.4, 0.5) is 10.1 Å². The number of nitrogens with one attached hydrogen (secondary N) is 1. The normalized spacial score (nSPS) is 17.6. The van der Waals surface area contributed by atoms with Crippen LogP contribution >= 0.6 is 0 Å². The highest BCUT2D eigenvalue weighted by Crippen LogP contribution is 2.17. The summed E-state index contributed by atoms with van der Waals surface area (Å²) in [5, 5.41) is 0. The van der Waals surface area contributed by atoms with Crippen LogP contribution in [-0.4, -0.2) is 45.0 Å². The van der Waals surface area contributed by atoms with Crippen molar-refractivity contribution in [2.45, 2.75) is 18.8 Å². The Hall–Kier alpha value is -2.45. The van der Waals surface area contributed by atoms with Crippen LogP contribution in [0.3, 0.4) is 0 Å². The molecule has 0 aliphatic carbocycles. The number of carbonyl (C=O) groups is 1. The summed E-state index contributed by atoms with van der Waals surface area (Å²) in [6.07, 6.45) is -0.0277. The van der Waals surface area contributed by atoms with E-state index in [-0.39, 0.29) is 17.8 Å². The first-order valence-electron chi connectivity index (χ1n) is 8.58. The van der Waals surface area contributed by atoms with Crippen LogP contribution in [0.1, 0.15) is 22.8 Å². The van der Waals surface area contributed by atoms with Crippen molar-refractivity contribution in [2.24, 2.45) is 0 Å². The lowest BCUT2D eigenvalue weighted by atomic mass is 10.1. The first kappa shape index (κ1) is 19.3. The van der Waals surface area contributed by atoms with Gasteiger partial charge in [0.2, 0.25) is 10.0 Å². The fourth-order valence-electron chi connectivity index (χ4n) is 2.92. The third-order valence-corrected chi connectivity index (χ3v) is 5.44. The molecule has 6 nitrogen and oxygen atoms in total. The highest BCUT2D eigenvalue weighted by atomic mass is 32.2. The fourth-order valence-corrected chi connectivity index (χ4v) is 4.11. The largest absolute Gasteiger partial charge is 0.375 e. The number of nitrogens with zero attached hydrogens (tertiary/aromatic N) is 1. The van der Waals surface area contributed by atoms with Crippen LogP contribution in [0.2, 0.25) is 0 Å². The van der Waals surface area contributed by atoms with E-state index in [0.717, 1.165) is 0 Å². The molecular weight excluding hydrogens is 371 g/mol. The van der Waals surface area contributed by atoms with Crippen LogP contribution in [0.15, 0.2) is 48.5 Å². The minimum atomic E-state index is -3.69. The zero-order valence-corrected chi connectivity index (χ0v) is 15.7. The Balaban J connectivity index is 1.71. The summed E-state index contributed by atoms with van der Waals surface area (Å²) in [7, 11) is -3.69. The minimum Gasteiger partial charge on any atom is -0.375 e. The van der Waals surface area contributed by atoms with Gasteiger partial charge in [0.05, 0.1) is 18.5 Å². The number of rotatable bonds is 5. The fraction of sp³-hybridized carbons (Fsp3) is 0.316. The summed E-state index contributed by atoms with van der Waals surface area (Å²) < 4.78 is 45.6.